The van der Waals surface area contributed by atoms with E-state index in [-0.39, 0.29) is 11.7 Å². The molecule has 2 aromatic carbocycles. The molecule has 3 heterocycles. The molecule has 4 nitrogen and oxygen atoms in total. The van der Waals surface area contributed by atoms with Gasteiger partial charge in [0.1, 0.15) is 0 Å². The predicted octanol–water partition coefficient (Wildman–Crippen LogP) is 7.91. The zero-order chi connectivity index (χ0) is 23.1. The maximum absolute atomic E-state index is 13.1. The highest BCUT2D eigenvalue weighted by molar-refractivity contribution is 6.33. The van der Waals surface area contributed by atoms with Crippen LogP contribution in [0.5, 0.6) is 0 Å². The molecule has 1 fully saturated rings. The van der Waals surface area contributed by atoms with Gasteiger partial charge in [-0.15, -0.1) is 0 Å². The fourth-order valence-electron chi connectivity index (χ4n) is 4.40. The molecule has 0 atom stereocenters. The van der Waals surface area contributed by atoms with Gasteiger partial charge in [-0.25, -0.2) is 4.98 Å². The summed E-state index contributed by atoms with van der Waals surface area (Å²) in [4.78, 5) is 20.3. The van der Waals surface area contributed by atoms with Gasteiger partial charge in [-0.2, -0.15) is 0 Å². The lowest BCUT2D eigenvalue weighted by molar-refractivity contribution is 0.0914. The number of hydrogen-bond donors (Lipinski definition) is 0. The summed E-state index contributed by atoms with van der Waals surface area (Å²) in [5.74, 6) is 0.209. The number of hydrogen-bond acceptors (Lipinski definition) is 4. The third-order valence-corrected chi connectivity index (χ3v) is 6.69. The highest BCUT2D eigenvalue weighted by Gasteiger charge is 2.30. The highest BCUT2D eigenvalue weighted by atomic mass is 35.5. The average Bonchev–Trinajstić information content (AvgIpc) is 3.46. The van der Waals surface area contributed by atoms with Crippen LogP contribution in [0.3, 0.4) is 0 Å². The number of aromatic nitrogens is 1. The Kier molecular flexibility index (Phi) is 5.90. The Hall–Kier alpha value is -2.82. The Morgan fingerprint density at radius 1 is 1.00 bits per heavy atom. The molecule has 0 bridgehead atoms. The minimum absolute atomic E-state index is 0.0118. The van der Waals surface area contributed by atoms with E-state index in [1.807, 2.05) is 62.4 Å². The Balaban J connectivity index is 1.83. The Bertz CT molecular complexity index is 1340. The highest BCUT2D eigenvalue weighted by Crippen LogP contribution is 2.42. The van der Waals surface area contributed by atoms with Crippen LogP contribution >= 0.6 is 23.2 Å². The van der Waals surface area contributed by atoms with Crippen molar-refractivity contribution in [1.29, 1.82) is 0 Å². The predicted molar refractivity (Wildman–Crippen MR) is 136 cm³/mol. The van der Waals surface area contributed by atoms with Crippen LogP contribution in [0.25, 0.3) is 33.5 Å². The van der Waals surface area contributed by atoms with Crippen molar-refractivity contribution in [2.75, 3.05) is 18.0 Å². The van der Waals surface area contributed by atoms with Gasteiger partial charge in [-0.05, 0) is 42.7 Å². The average molecular weight is 479 g/mol. The zero-order valence-electron chi connectivity index (χ0n) is 18.6. The molecule has 4 aromatic rings. The summed E-state index contributed by atoms with van der Waals surface area (Å²) in [5, 5.41) is 2.11. The van der Waals surface area contributed by atoms with Gasteiger partial charge in [-0.3, -0.25) is 4.79 Å². The first-order chi connectivity index (χ1) is 15.9. The molecule has 6 heteroatoms. The number of halogens is 2. The SMILES string of the molecule is CC(C)C(=O)c1oc2nc(-c3ccccc3Cl)c(-c3ccc(Cl)cc3)cc2c1N1CCCC1. The van der Waals surface area contributed by atoms with E-state index in [4.69, 9.17) is 32.6 Å². The molecule has 2 aromatic heterocycles. The first-order valence-electron chi connectivity index (χ1n) is 11.2. The summed E-state index contributed by atoms with van der Waals surface area (Å²) in [6.07, 6.45) is 2.19. The van der Waals surface area contributed by atoms with E-state index in [2.05, 4.69) is 11.0 Å². The van der Waals surface area contributed by atoms with Gasteiger partial charge in [-0.1, -0.05) is 67.4 Å². The minimum Gasteiger partial charge on any atom is -0.432 e. The number of fused-ring (bicyclic) bond motifs is 1. The molecule has 168 valence electrons. The largest absolute Gasteiger partial charge is 0.432 e. The Labute approximate surface area is 203 Å². The number of benzene rings is 2. The molecular weight excluding hydrogens is 455 g/mol. The maximum Gasteiger partial charge on any atom is 0.229 e. The molecular formula is C27H24Cl2N2O2. The van der Waals surface area contributed by atoms with E-state index >= 15 is 0 Å². The van der Waals surface area contributed by atoms with Crippen molar-refractivity contribution in [2.24, 2.45) is 5.92 Å². The van der Waals surface area contributed by atoms with E-state index in [1.54, 1.807) is 0 Å². The van der Waals surface area contributed by atoms with Gasteiger partial charge in [0.25, 0.3) is 0 Å². The van der Waals surface area contributed by atoms with Crippen LogP contribution < -0.4 is 4.90 Å². The number of Topliss-reactive ketones (excluding diaryl/α,β-unsaturated/α-hetero) is 1. The second-order valence-corrected chi connectivity index (χ2v) is 9.56. The van der Waals surface area contributed by atoms with Gasteiger partial charge in [0.2, 0.25) is 11.5 Å². The lowest BCUT2D eigenvalue weighted by Crippen LogP contribution is -2.20. The number of carbonyl (C=O) groups excluding carboxylic acids is 1. The van der Waals surface area contributed by atoms with Crippen molar-refractivity contribution in [2.45, 2.75) is 26.7 Å². The van der Waals surface area contributed by atoms with Crippen molar-refractivity contribution in [1.82, 2.24) is 4.98 Å². The van der Waals surface area contributed by atoms with Gasteiger partial charge in [0.15, 0.2) is 5.76 Å². The van der Waals surface area contributed by atoms with Crippen LogP contribution in [0, 0.1) is 5.92 Å². The summed E-state index contributed by atoms with van der Waals surface area (Å²) >= 11 is 12.7. The van der Waals surface area contributed by atoms with Crippen molar-refractivity contribution in [3.8, 4) is 22.4 Å². The number of furan rings is 1. The van der Waals surface area contributed by atoms with Crippen LogP contribution in [0.1, 0.15) is 37.2 Å². The Morgan fingerprint density at radius 2 is 1.70 bits per heavy atom. The van der Waals surface area contributed by atoms with Gasteiger partial charge in [0, 0.05) is 40.2 Å². The molecule has 5 rings (SSSR count). The van der Waals surface area contributed by atoms with Gasteiger partial charge in [0.05, 0.1) is 16.8 Å². The van der Waals surface area contributed by atoms with Gasteiger partial charge < -0.3 is 9.32 Å². The third-order valence-electron chi connectivity index (χ3n) is 6.11. The number of rotatable bonds is 5. The molecule has 1 aliphatic rings. The second-order valence-electron chi connectivity index (χ2n) is 8.72. The summed E-state index contributed by atoms with van der Waals surface area (Å²) in [6, 6.07) is 17.4. The third kappa shape index (κ3) is 4.03. The number of ketones is 1. The van der Waals surface area contributed by atoms with E-state index in [0.29, 0.717) is 27.2 Å². The molecule has 1 aliphatic heterocycles. The zero-order valence-corrected chi connectivity index (χ0v) is 20.1. The summed E-state index contributed by atoms with van der Waals surface area (Å²) < 4.78 is 6.18. The van der Waals surface area contributed by atoms with Crippen molar-refractivity contribution in [3.05, 3.63) is 70.4 Å². The first-order valence-corrected chi connectivity index (χ1v) is 12.0. The molecule has 0 saturated carbocycles. The normalized spacial score (nSPS) is 13.9. The fraction of sp³-hybridized carbons (Fsp3) is 0.259. The van der Waals surface area contributed by atoms with Crippen LogP contribution in [0.4, 0.5) is 5.69 Å². The maximum atomic E-state index is 13.1. The molecule has 0 aliphatic carbocycles. The quantitative estimate of drug-likeness (QED) is 0.273. The number of anilines is 1. The first kappa shape index (κ1) is 22.0. The monoisotopic (exact) mass is 478 g/mol. The van der Waals surface area contributed by atoms with E-state index < -0.39 is 0 Å². The topological polar surface area (TPSA) is 46.3 Å². The molecule has 0 unspecified atom stereocenters. The second kappa shape index (κ2) is 8.85. The molecule has 0 radical (unpaired) electrons. The lowest BCUT2D eigenvalue weighted by atomic mass is 9.97. The van der Waals surface area contributed by atoms with Crippen molar-refractivity contribution in [3.63, 3.8) is 0 Å². The van der Waals surface area contributed by atoms with E-state index in [1.165, 1.54) is 0 Å². The van der Waals surface area contributed by atoms with Crippen molar-refractivity contribution >= 4 is 45.8 Å². The number of pyridine rings is 1. The minimum atomic E-state index is -0.175. The molecule has 0 spiro atoms. The summed E-state index contributed by atoms with van der Waals surface area (Å²) in [7, 11) is 0. The molecule has 0 N–H and O–H groups in total. The standard InChI is InChI=1S/C27H24Cl2N2O2/c1-16(2)25(32)26-24(31-13-5-6-14-31)21-15-20(17-9-11-18(28)12-10-17)23(30-27(21)33-26)19-7-3-4-8-22(19)29/h3-4,7-12,15-16H,5-6,13-14H2,1-2H3. The van der Waals surface area contributed by atoms with Crippen LogP contribution in [0.2, 0.25) is 10.0 Å². The summed E-state index contributed by atoms with van der Waals surface area (Å²) in [6.45, 7) is 5.58. The van der Waals surface area contributed by atoms with Crippen LogP contribution in [-0.4, -0.2) is 23.9 Å². The summed E-state index contributed by atoms with van der Waals surface area (Å²) in [5.41, 5.74) is 4.71. The number of nitrogens with zero attached hydrogens (tertiary/aromatic N) is 2. The number of carbonyl (C=O) groups is 1. The van der Waals surface area contributed by atoms with E-state index in [9.17, 15) is 4.79 Å². The van der Waals surface area contributed by atoms with E-state index in [0.717, 1.165) is 53.7 Å². The Morgan fingerprint density at radius 3 is 2.36 bits per heavy atom. The van der Waals surface area contributed by atoms with Crippen LogP contribution in [0.15, 0.2) is 59.0 Å². The van der Waals surface area contributed by atoms with Crippen molar-refractivity contribution < 1.29 is 9.21 Å². The smallest absolute Gasteiger partial charge is 0.229 e. The van der Waals surface area contributed by atoms with Gasteiger partial charge >= 0.3 is 0 Å². The molecule has 33 heavy (non-hydrogen) atoms. The lowest BCUT2D eigenvalue weighted by Gasteiger charge is -2.18. The molecule has 0 amide bonds. The molecule has 1 saturated heterocycles. The van der Waals surface area contributed by atoms with Crippen LogP contribution in [-0.2, 0) is 0 Å². The fourth-order valence-corrected chi connectivity index (χ4v) is 4.75.